The second-order valence-electron chi connectivity index (χ2n) is 7.31. The highest BCUT2D eigenvalue weighted by molar-refractivity contribution is 5.15. The Morgan fingerprint density at radius 3 is 2.81 bits per heavy atom. The van der Waals surface area contributed by atoms with Gasteiger partial charge in [-0.3, -0.25) is 9.88 Å². The lowest BCUT2D eigenvalue weighted by Crippen LogP contribution is -2.27. The summed E-state index contributed by atoms with van der Waals surface area (Å²) >= 11 is 0. The molecule has 0 atom stereocenters. The second-order valence-corrected chi connectivity index (χ2v) is 7.31. The topological polar surface area (TPSA) is 72.6 Å². The molecule has 4 rings (SSSR count). The fourth-order valence-electron chi connectivity index (χ4n) is 3.41. The molecule has 3 aromatic heterocycles. The second kappa shape index (κ2) is 7.92. The number of rotatable bonds is 5. The average Bonchev–Trinajstić information content (AvgIpc) is 2.94. The van der Waals surface area contributed by atoms with Crippen LogP contribution in [0.4, 0.5) is 0 Å². The Bertz CT molecular complexity index is 888. The van der Waals surface area contributed by atoms with E-state index < -0.39 is 0 Å². The predicted octanol–water partition coefficient (Wildman–Crippen LogP) is 2.24. The molecule has 0 saturated carbocycles. The van der Waals surface area contributed by atoms with Gasteiger partial charge in [0.25, 0.3) is 0 Å². The van der Waals surface area contributed by atoms with Gasteiger partial charge in [0.1, 0.15) is 17.5 Å². The summed E-state index contributed by atoms with van der Waals surface area (Å²) < 4.78 is 2.27. The summed E-state index contributed by atoms with van der Waals surface area (Å²) in [5.41, 5.74) is 2.25. The van der Waals surface area contributed by atoms with Crippen LogP contribution >= 0.6 is 0 Å². The Balaban J connectivity index is 1.44. The Labute approximate surface area is 159 Å². The average molecular weight is 363 g/mol. The zero-order valence-electron chi connectivity index (χ0n) is 15.9. The van der Waals surface area contributed by atoms with E-state index in [2.05, 4.69) is 49.5 Å². The molecular weight excluding hydrogens is 338 g/mol. The zero-order chi connectivity index (χ0) is 18.6. The van der Waals surface area contributed by atoms with Crippen molar-refractivity contribution >= 4 is 0 Å². The highest BCUT2D eigenvalue weighted by Crippen LogP contribution is 2.15. The molecule has 0 radical (unpaired) electrons. The van der Waals surface area contributed by atoms with E-state index in [1.807, 2.05) is 24.5 Å². The van der Waals surface area contributed by atoms with Crippen LogP contribution in [0, 0.1) is 0 Å². The van der Waals surface area contributed by atoms with Crippen molar-refractivity contribution in [3.8, 4) is 0 Å². The first-order valence-electron chi connectivity index (χ1n) is 9.53. The van der Waals surface area contributed by atoms with E-state index in [0.29, 0.717) is 5.92 Å². The van der Waals surface area contributed by atoms with Gasteiger partial charge in [0.2, 0.25) is 0 Å². The van der Waals surface area contributed by atoms with Gasteiger partial charge in [0.15, 0.2) is 0 Å². The van der Waals surface area contributed by atoms with Crippen LogP contribution < -0.4 is 0 Å². The summed E-state index contributed by atoms with van der Waals surface area (Å²) in [5, 5.41) is 8.85. The van der Waals surface area contributed by atoms with E-state index in [9.17, 15) is 0 Å². The molecule has 7 heteroatoms. The van der Waals surface area contributed by atoms with Gasteiger partial charge in [0, 0.05) is 63.5 Å². The minimum absolute atomic E-state index is 0.347. The fraction of sp³-hybridized carbons (Fsp3) is 0.450. The van der Waals surface area contributed by atoms with Gasteiger partial charge in [-0.2, -0.15) is 0 Å². The minimum atomic E-state index is 0.347. The van der Waals surface area contributed by atoms with E-state index in [1.54, 1.807) is 6.20 Å². The van der Waals surface area contributed by atoms with E-state index >= 15 is 0 Å². The summed E-state index contributed by atoms with van der Waals surface area (Å²) in [7, 11) is 0. The maximum Gasteiger partial charge on any atom is 0.137 e. The molecule has 0 amide bonds. The molecule has 1 aliphatic heterocycles. The van der Waals surface area contributed by atoms with Crippen molar-refractivity contribution < 1.29 is 0 Å². The highest BCUT2D eigenvalue weighted by Gasteiger charge is 2.19. The zero-order valence-corrected chi connectivity index (χ0v) is 15.9. The molecule has 0 unspecified atom stereocenters. The Morgan fingerprint density at radius 2 is 2.00 bits per heavy atom. The molecule has 0 saturated heterocycles. The van der Waals surface area contributed by atoms with Crippen molar-refractivity contribution in [2.45, 2.75) is 45.7 Å². The van der Waals surface area contributed by atoms with Crippen molar-refractivity contribution in [2.75, 3.05) is 13.1 Å². The van der Waals surface area contributed by atoms with Crippen molar-refractivity contribution in [3.05, 3.63) is 65.5 Å². The van der Waals surface area contributed by atoms with Crippen molar-refractivity contribution in [1.29, 1.82) is 0 Å². The molecule has 7 nitrogen and oxygen atoms in total. The first kappa shape index (κ1) is 17.7. The number of hydrogen-bond acceptors (Lipinski definition) is 6. The molecule has 0 bridgehead atoms. The maximum absolute atomic E-state index is 4.71. The van der Waals surface area contributed by atoms with Crippen LogP contribution in [-0.2, 0) is 25.9 Å². The fourth-order valence-corrected chi connectivity index (χ4v) is 3.41. The third kappa shape index (κ3) is 4.19. The summed E-state index contributed by atoms with van der Waals surface area (Å²) in [6.07, 6.45) is 7.23. The lowest BCUT2D eigenvalue weighted by molar-refractivity contribution is 0.267. The highest BCUT2D eigenvalue weighted by atomic mass is 15.3. The molecule has 27 heavy (non-hydrogen) atoms. The Morgan fingerprint density at radius 1 is 1.07 bits per heavy atom. The van der Waals surface area contributed by atoms with Gasteiger partial charge >= 0.3 is 0 Å². The van der Waals surface area contributed by atoms with E-state index in [0.717, 1.165) is 67.8 Å². The molecule has 0 aliphatic carbocycles. The monoisotopic (exact) mass is 363 g/mol. The Hall–Kier alpha value is -2.67. The number of hydrogen-bond donors (Lipinski definition) is 0. The molecule has 0 N–H and O–H groups in total. The summed E-state index contributed by atoms with van der Waals surface area (Å²) in [5.74, 6) is 3.35. The van der Waals surface area contributed by atoms with Gasteiger partial charge in [-0.25, -0.2) is 9.97 Å². The van der Waals surface area contributed by atoms with Gasteiger partial charge in [0.05, 0.1) is 5.69 Å². The van der Waals surface area contributed by atoms with Crippen LogP contribution in [-0.4, -0.2) is 47.7 Å². The van der Waals surface area contributed by atoms with Gasteiger partial charge < -0.3 is 4.57 Å². The minimum Gasteiger partial charge on any atom is -0.313 e. The van der Waals surface area contributed by atoms with Crippen molar-refractivity contribution in [2.24, 2.45) is 0 Å². The third-order valence-corrected chi connectivity index (χ3v) is 4.91. The van der Waals surface area contributed by atoms with Crippen LogP contribution in [0.3, 0.4) is 0 Å². The molecule has 4 heterocycles. The van der Waals surface area contributed by atoms with E-state index in [1.165, 1.54) is 0 Å². The number of fused-ring (bicyclic) bond motifs is 1. The van der Waals surface area contributed by atoms with Crippen molar-refractivity contribution in [3.63, 3.8) is 0 Å². The molecular formula is C20H25N7. The number of aromatic nitrogens is 6. The molecule has 3 aromatic rings. The molecule has 0 spiro atoms. The lowest BCUT2D eigenvalue weighted by atomic mass is 10.2. The first-order valence-corrected chi connectivity index (χ1v) is 9.53. The molecule has 0 fully saturated rings. The maximum atomic E-state index is 4.71. The smallest absolute Gasteiger partial charge is 0.137 e. The quantitative estimate of drug-likeness (QED) is 0.692. The van der Waals surface area contributed by atoms with Crippen LogP contribution in [0.15, 0.2) is 36.8 Å². The third-order valence-electron chi connectivity index (χ3n) is 4.91. The van der Waals surface area contributed by atoms with Crippen LogP contribution in [0.1, 0.15) is 48.5 Å². The largest absolute Gasteiger partial charge is 0.313 e. The van der Waals surface area contributed by atoms with Gasteiger partial charge in [-0.1, -0.05) is 19.9 Å². The summed E-state index contributed by atoms with van der Waals surface area (Å²) in [6.45, 7) is 7.93. The summed E-state index contributed by atoms with van der Waals surface area (Å²) in [4.78, 5) is 15.7. The van der Waals surface area contributed by atoms with E-state index in [4.69, 9.17) is 4.98 Å². The predicted molar refractivity (Wildman–Crippen MR) is 102 cm³/mol. The SMILES string of the molecule is CC(C)c1nccc(CN2CCc3nnc(Cc4cccnc4)n3CC2)n1. The number of pyridine rings is 1. The first-order chi connectivity index (χ1) is 13.2. The molecule has 140 valence electrons. The van der Waals surface area contributed by atoms with Crippen molar-refractivity contribution in [1.82, 2.24) is 34.6 Å². The van der Waals surface area contributed by atoms with Crippen LogP contribution in [0.5, 0.6) is 0 Å². The lowest BCUT2D eigenvalue weighted by Gasteiger charge is -2.19. The summed E-state index contributed by atoms with van der Waals surface area (Å²) in [6, 6.07) is 6.06. The van der Waals surface area contributed by atoms with Gasteiger partial charge in [-0.15, -0.1) is 10.2 Å². The van der Waals surface area contributed by atoms with Crippen LogP contribution in [0.2, 0.25) is 0 Å². The number of nitrogens with zero attached hydrogens (tertiary/aromatic N) is 7. The Kier molecular flexibility index (Phi) is 5.20. The standard InChI is InChI=1S/C20H25N7/c1-15(2)20-22-8-5-17(23-20)14-26-9-6-18-24-25-19(27(18)11-10-26)12-16-4-3-7-21-13-16/h3-5,7-8,13,15H,6,9-12,14H2,1-2H3. The molecule has 1 aliphatic rings. The normalized spacial score (nSPS) is 14.9. The molecule has 0 aromatic carbocycles. The van der Waals surface area contributed by atoms with Crippen LogP contribution in [0.25, 0.3) is 0 Å². The van der Waals surface area contributed by atoms with Gasteiger partial charge in [-0.05, 0) is 17.7 Å². The van der Waals surface area contributed by atoms with E-state index in [-0.39, 0.29) is 0 Å².